The topological polar surface area (TPSA) is 118 Å². The summed E-state index contributed by atoms with van der Waals surface area (Å²) in [6.45, 7) is 4.12. The average molecular weight is 593 g/mol. The molecule has 2 N–H and O–H groups in total. The Labute approximate surface area is 226 Å². The highest BCUT2D eigenvalue weighted by molar-refractivity contribution is 9.10. The van der Waals surface area contributed by atoms with Crippen molar-refractivity contribution in [2.24, 2.45) is 5.92 Å². The predicted octanol–water partition coefficient (Wildman–Crippen LogP) is 4.92. The van der Waals surface area contributed by atoms with Crippen molar-refractivity contribution in [1.29, 1.82) is 5.26 Å². The van der Waals surface area contributed by atoms with Crippen molar-refractivity contribution in [3.63, 3.8) is 0 Å². The first kappa shape index (κ1) is 27.6. The SMILES string of the molecule is CCOc1ccc([C@H]2C(C#N)=C(SCC(=O)Nc3ccc(Br)c(C)c3)NC(=O)[C@@H]2C(=O)OC)cc1Cl. The molecule has 1 aliphatic heterocycles. The highest BCUT2D eigenvalue weighted by Gasteiger charge is 2.44. The first-order chi connectivity index (χ1) is 17.2. The van der Waals surface area contributed by atoms with E-state index in [1.165, 1.54) is 7.11 Å². The largest absolute Gasteiger partial charge is 0.492 e. The van der Waals surface area contributed by atoms with Crippen molar-refractivity contribution in [3.05, 3.63) is 67.6 Å². The Morgan fingerprint density at radius 2 is 2.03 bits per heavy atom. The molecule has 2 aromatic carbocycles. The number of methoxy groups -OCH3 is 1. The van der Waals surface area contributed by atoms with E-state index in [9.17, 15) is 19.6 Å². The lowest BCUT2D eigenvalue weighted by atomic mass is 9.78. The molecule has 2 amide bonds. The number of esters is 1. The van der Waals surface area contributed by atoms with Gasteiger partial charge in [-0.3, -0.25) is 14.4 Å². The van der Waals surface area contributed by atoms with Gasteiger partial charge in [0.25, 0.3) is 0 Å². The second-order valence-electron chi connectivity index (χ2n) is 7.75. The van der Waals surface area contributed by atoms with Crippen molar-refractivity contribution < 1.29 is 23.9 Å². The van der Waals surface area contributed by atoms with Crippen LogP contribution in [-0.2, 0) is 19.1 Å². The first-order valence-corrected chi connectivity index (χ1v) is 13.0. The fourth-order valence-corrected chi connectivity index (χ4v) is 5.06. The van der Waals surface area contributed by atoms with Crippen LogP contribution in [-0.4, -0.2) is 37.3 Å². The number of nitrogens with zero attached hydrogens (tertiary/aromatic N) is 1. The van der Waals surface area contributed by atoms with Crippen molar-refractivity contribution in [2.75, 3.05) is 24.8 Å². The number of carbonyl (C=O) groups is 3. The van der Waals surface area contributed by atoms with Crippen LogP contribution < -0.4 is 15.4 Å². The third-order valence-corrected chi connectivity index (χ3v) is 7.59. The van der Waals surface area contributed by atoms with E-state index in [2.05, 4.69) is 32.6 Å². The summed E-state index contributed by atoms with van der Waals surface area (Å²) >= 11 is 10.8. The van der Waals surface area contributed by atoms with E-state index < -0.39 is 23.7 Å². The molecule has 0 aromatic heterocycles. The number of amides is 2. The quantitative estimate of drug-likeness (QED) is 0.330. The molecule has 0 unspecified atom stereocenters. The summed E-state index contributed by atoms with van der Waals surface area (Å²) in [5.41, 5.74) is 2.18. The molecule has 8 nitrogen and oxygen atoms in total. The van der Waals surface area contributed by atoms with Crippen LogP contribution in [0.5, 0.6) is 5.75 Å². The Kier molecular flexibility index (Phi) is 9.43. The van der Waals surface area contributed by atoms with E-state index in [1.807, 2.05) is 26.0 Å². The zero-order valence-electron chi connectivity index (χ0n) is 19.7. The Bertz CT molecular complexity index is 1280. The van der Waals surface area contributed by atoms with Gasteiger partial charge < -0.3 is 20.1 Å². The normalized spacial score (nSPS) is 17.2. The molecule has 11 heteroatoms. The molecule has 1 aliphatic rings. The van der Waals surface area contributed by atoms with E-state index in [4.69, 9.17) is 21.1 Å². The number of nitrogens with one attached hydrogen (secondary N) is 2. The van der Waals surface area contributed by atoms with Gasteiger partial charge in [-0.25, -0.2) is 0 Å². The van der Waals surface area contributed by atoms with Gasteiger partial charge >= 0.3 is 5.97 Å². The molecule has 0 saturated carbocycles. The van der Waals surface area contributed by atoms with Crippen molar-refractivity contribution in [2.45, 2.75) is 19.8 Å². The minimum absolute atomic E-state index is 0.0739. The first-order valence-electron chi connectivity index (χ1n) is 10.8. The lowest BCUT2D eigenvalue weighted by Crippen LogP contribution is -2.44. The number of halogens is 2. The number of hydrogen-bond donors (Lipinski definition) is 2. The molecule has 0 spiro atoms. The summed E-state index contributed by atoms with van der Waals surface area (Å²) in [5.74, 6) is -3.64. The van der Waals surface area contributed by atoms with Crippen LogP contribution in [0.4, 0.5) is 5.69 Å². The van der Waals surface area contributed by atoms with Crippen molar-refractivity contribution in [1.82, 2.24) is 5.32 Å². The van der Waals surface area contributed by atoms with E-state index in [1.54, 1.807) is 24.3 Å². The highest BCUT2D eigenvalue weighted by atomic mass is 79.9. The van der Waals surface area contributed by atoms with Crippen LogP contribution in [0.15, 0.2) is 51.5 Å². The predicted molar refractivity (Wildman–Crippen MR) is 142 cm³/mol. The summed E-state index contributed by atoms with van der Waals surface area (Å²) in [5, 5.41) is 15.9. The Hall–Kier alpha value is -3.00. The van der Waals surface area contributed by atoms with Crippen molar-refractivity contribution in [3.8, 4) is 11.8 Å². The number of aryl methyl sites for hydroxylation is 1. The number of anilines is 1. The zero-order valence-corrected chi connectivity index (χ0v) is 22.8. The maximum absolute atomic E-state index is 13.0. The minimum Gasteiger partial charge on any atom is -0.492 e. The van der Waals surface area contributed by atoms with Crippen LogP contribution in [0.3, 0.4) is 0 Å². The van der Waals surface area contributed by atoms with Crippen molar-refractivity contribution >= 4 is 62.8 Å². The third kappa shape index (κ3) is 6.22. The van der Waals surface area contributed by atoms with Gasteiger partial charge in [0.2, 0.25) is 11.8 Å². The number of ether oxygens (including phenoxy) is 2. The number of carbonyl (C=O) groups excluding carboxylic acids is 3. The Balaban J connectivity index is 1.91. The number of hydrogen-bond acceptors (Lipinski definition) is 7. The van der Waals surface area contributed by atoms with Gasteiger partial charge in [-0.1, -0.05) is 45.4 Å². The van der Waals surface area contributed by atoms with E-state index in [0.717, 1.165) is 21.8 Å². The van der Waals surface area contributed by atoms with E-state index in [-0.39, 0.29) is 27.3 Å². The molecule has 0 saturated heterocycles. The summed E-state index contributed by atoms with van der Waals surface area (Å²) in [6, 6.07) is 12.3. The minimum atomic E-state index is -1.30. The van der Waals surface area contributed by atoms with Gasteiger partial charge in [-0.15, -0.1) is 0 Å². The molecule has 36 heavy (non-hydrogen) atoms. The monoisotopic (exact) mass is 591 g/mol. The van der Waals surface area contributed by atoms with Gasteiger partial charge in [0.1, 0.15) is 11.7 Å². The summed E-state index contributed by atoms with van der Waals surface area (Å²) < 4.78 is 11.2. The second kappa shape index (κ2) is 12.3. The van der Waals surface area contributed by atoms with E-state index >= 15 is 0 Å². The molecule has 0 aliphatic carbocycles. The maximum atomic E-state index is 13.0. The summed E-state index contributed by atoms with van der Waals surface area (Å²) in [4.78, 5) is 38.1. The number of allylic oxidation sites excluding steroid dienone is 1. The maximum Gasteiger partial charge on any atom is 0.319 e. The molecular formula is C25H23BrClN3O5S. The molecular weight excluding hydrogens is 570 g/mol. The molecule has 2 atom stereocenters. The molecule has 1 heterocycles. The number of nitriles is 1. The Morgan fingerprint density at radius 1 is 1.28 bits per heavy atom. The lowest BCUT2D eigenvalue weighted by Gasteiger charge is -2.31. The number of thioether (sulfide) groups is 1. The average Bonchev–Trinajstić information content (AvgIpc) is 2.85. The molecule has 0 fully saturated rings. The van der Waals surface area contributed by atoms with Gasteiger partial charge in [-0.2, -0.15) is 5.26 Å². The molecule has 188 valence electrons. The van der Waals surface area contributed by atoms with Crippen LogP contribution >= 0.6 is 39.3 Å². The molecule has 3 rings (SSSR count). The van der Waals surface area contributed by atoms with Crippen LogP contribution in [0.1, 0.15) is 24.0 Å². The fourth-order valence-electron chi connectivity index (χ4n) is 3.72. The highest BCUT2D eigenvalue weighted by Crippen LogP contribution is 2.42. The molecule has 0 radical (unpaired) electrons. The number of rotatable bonds is 8. The van der Waals surface area contributed by atoms with Crippen LogP contribution in [0.2, 0.25) is 5.02 Å². The molecule has 2 aromatic rings. The van der Waals surface area contributed by atoms with Gasteiger partial charge in [0.15, 0.2) is 0 Å². The smallest absolute Gasteiger partial charge is 0.319 e. The fraction of sp³-hybridized carbons (Fsp3) is 0.280. The third-order valence-electron chi connectivity index (χ3n) is 5.39. The summed E-state index contributed by atoms with van der Waals surface area (Å²) in [7, 11) is 1.17. The zero-order chi connectivity index (χ0) is 26.4. The number of benzene rings is 2. The molecule has 0 bridgehead atoms. The summed E-state index contributed by atoms with van der Waals surface area (Å²) in [6.07, 6.45) is 0. The standard InChI is InChI=1S/C25H23BrClN3O5S/c1-4-35-19-8-5-14(10-18(19)27)21-16(11-28)24(30-23(32)22(21)25(33)34-3)36-12-20(31)29-15-6-7-17(26)13(2)9-15/h5-10,21-22H,4,12H2,1-3H3,(H,29,31)(H,30,32)/t21-,22+/m0/s1. The van der Waals surface area contributed by atoms with Crippen LogP contribution in [0, 0.1) is 24.2 Å². The van der Waals surface area contributed by atoms with Gasteiger partial charge in [0, 0.05) is 16.1 Å². The lowest BCUT2D eigenvalue weighted by molar-refractivity contribution is -0.150. The van der Waals surface area contributed by atoms with Gasteiger partial charge in [0.05, 0.1) is 41.2 Å². The second-order valence-corrected chi connectivity index (χ2v) is 9.99. The van der Waals surface area contributed by atoms with Crippen LogP contribution in [0.25, 0.3) is 0 Å². The van der Waals surface area contributed by atoms with E-state index in [0.29, 0.717) is 23.6 Å². The van der Waals surface area contributed by atoms with Gasteiger partial charge in [-0.05, 0) is 55.3 Å². The Morgan fingerprint density at radius 3 is 2.64 bits per heavy atom.